The topological polar surface area (TPSA) is 131 Å². The van der Waals surface area contributed by atoms with Crippen LogP contribution >= 0.6 is 0 Å². The third kappa shape index (κ3) is 5.55. The zero-order chi connectivity index (χ0) is 34.0. The first-order valence-electron chi connectivity index (χ1n) is 16.9. The Bertz CT molecular complexity index is 1400. The molecule has 3 fully saturated rings. The van der Waals surface area contributed by atoms with Crippen LogP contribution in [-0.4, -0.2) is 73.4 Å². The molecule has 11 heteroatoms. The van der Waals surface area contributed by atoms with Crippen LogP contribution in [0.1, 0.15) is 85.5 Å². The van der Waals surface area contributed by atoms with E-state index in [1.807, 2.05) is 27.7 Å². The zero-order valence-corrected chi connectivity index (χ0v) is 30.8. The maximum atomic E-state index is 15.4. The first kappa shape index (κ1) is 38.0. The minimum absolute atomic E-state index is 0. The van der Waals surface area contributed by atoms with Gasteiger partial charge < -0.3 is 28.8 Å². The fraction of sp³-hybridized carbons (Fsp3) is 0.694. The van der Waals surface area contributed by atoms with Gasteiger partial charge in [-0.05, 0) is 50.5 Å². The number of hydrogen-bond donors (Lipinski definition) is 1. The number of hydrogen-bond acceptors (Lipinski definition) is 9. The van der Waals surface area contributed by atoms with Crippen LogP contribution in [0.25, 0.3) is 0 Å². The number of rotatable bonds is 8. The van der Waals surface area contributed by atoms with Crippen molar-refractivity contribution >= 4 is 26.0 Å². The van der Waals surface area contributed by atoms with Gasteiger partial charge in [-0.15, -0.1) is 6.10 Å². The molecule has 1 heterocycles. The monoisotopic (exact) mass is 662 g/mol. The number of esters is 2. The predicted molar refractivity (Wildman–Crippen MR) is 172 cm³/mol. The van der Waals surface area contributed by atoms with Crippen LogP contribution in [0.3, 0.4) is 0 Å². The third-order valence-corrected chi connectivity index (χ3v) is 17.2. The van der Waals surface area contributed by atoms with Gasteiger partial charge in [0.1, 0.15) is 23.6 Å². The van der Waals surface area contributed by atoms with Crippen LogP contribution in [-0.2, 0) is 28.2 Å². The second-order valence-corrected chi connectivity index (χ2v) is 19.5. The number of benzene rings is 1. The van der Waals surface area contributed by atoms with E-state index in [2.05, 4.69) is 20.8 Å². The summed E-state index contributed by atoms with van der Waals surface area (Å²) in [6.45, 7) is 16.7. The molecule has 1 unspecified atom stereocenters. The van der Waals surface area contributed by atoms with Crippen molar-refractivity contribution in [3.8, 4) is 0 Å². The molecular formula is C36H51LiO9Si. The normalized spacial score (nSPS) is 37.6. The maximum absolute atomic E-state index is 15.4. The van der Waals surface area contributed by atoms with Gasteiger partial charge in [0, 0.05) is 24.7 Å². The number of fused-ring (bicyclic) bond motifs is 5. The Morgan fingerprint density at radius 3 is 2.19 bits per heavy atom. The zero-order valence-electron chi connectivity index (χ0n) is 29.8. The number of aliphatic hydroxyl groups is 1. The van der Waals surface area contributed by atoms with Crippen LogP contribution < -0.4 is 24.0 Å². The Morgan fingerprint density at radius 1 is 1.09 bits per heavy atom. The minimum atomic E-state index is -2.35. The van der Waals surface area contributed by atoms with E-state index in [0.29, 0.717) is 17.6 Å². The Hall–Kier alpha value is -1.78. The van der Waals surface area contributed by atoms with E-state index in [4.69, 9.17) is 18.6 Å². The molecule has 9 atom stereocenters. The second-order valence-electron chi connectivity index (χ2n) is 14.8. The Labute approximate surface area is 292 Å². The standard InChI is InChI=1S/C36H51O9Si.Li/c1-10-46(11-2,12-3)45-26-18-27-35(20-42-27,44-23(6)37)29-31(43-32(40)24-16-14-13-15-17-24)36(41)19-25(38)21(4)28(33(36,7)8)22(5)30(39)34(26,29)9;/h13-17,22,25-27,29,31,41H,10-12,18-20H2,1-9H3;/q-1;+1/t22-,25+,26?,27-,29+,31+,34-,35+,36-;/m1./s1. The molecule has 5 rings (SSSR count). The molecule has 4 aliphatic rings. The number of ether oxygens (including phenoxy) is 3. The van der Waals surface area contributed by atoms with Gasteiger partial charge in [-0.25, -0.2) is 4.79 Å². The molecular weight excluding hydrogens is 611 g/mol. The van der Waals surface area contributed by atoms with Gasteiger partial charge in [0.15, 0.2) is 13.9 Å². The molecule has 254 valence electrons. The van der Waals surface area contributed by atoms with E-state index in [0.717, 1.165) is 18.1 Å². The van der Waals surface area contributed by atoms with E-state index in [-0.39, 0.29) is 43.2 Å². The summed E-state index contributed by atoms with van der Waals surface area (Å²) in [5.74, 6) is -3.28. The molecule has 2 saturated carbocycles. The van der Waals surface area contributed by atoms with Crippen LogP contribution in [0.15, 0.2) is 41.5 Å². The van der Waals surface area contributed by atoms with Gasteiger partial charge in [0.2, 0.25) is 0 Å². The smallest absolute Gasteiger partial charge is 0.849 e. The van der Waals surface area contributed by atoms with Crippen molar-refractivity contribution in [1.82, 2.24) is 0 Å². The van der Waals surface area contributed by atoms with Gasteiger partial charge >= 0.3 is 30.8 Å². The summed E-state index contributed by atoms with van der Waals surface area (Å²) in [5, 5.41) is 27.0. The van der Waals surface area contributed by atoms with Crippen molar-refractivity contribution in [2.45, 2.75) is 129 Å². The Morgan fingerprint density at radius 2 is 1.68 bits per heavy atom. The molecule has 1 aliphatic heterocycles. The van der Waals surface area contributed by atoms with Gasteiger partial charge in [0.05, 0.1) is 29.6 Å². The average Bonchev–Trinajstić information content (AvgIpc) is 3.01. The van der Waals surface area contributed by atoms with E-state index in [9.17, 15) is 19.8 Å². The summed E-state index contributed by atoms with van der Waals surface area (Å²) in [7, 11) is -2.35. The molecule has 1 aromatic rings. The summed E-state index contributed by atoms with van der Waals surface area (Å²) in [5.41, 5.74) is -4.51. The summed E-state index contributed by atoms with van der Waals surface area (Å²) >= 11 is 0. The fourth-order valence-corrected chi connectivity index (χ4v) is 12.5. The van der Waals surface area contributed by atoms with Gasteiger partial charge in [-0.2, -0.15) is 0 Å². The molecule has 9 nitrogen and oxygen atoms in total. The molecule has 3 aliphatic carbocycles. The van der Waals surface area contributed by atoms with Crippen LogP contribution in [0, 0.1) is 22.7 Å². The molecule has 0 amide bonds. The first-order valence-corrected chi connectivity index (χ1v) is 19.4. The molecule has 47 heavy (non-hydrogen) atoms. The Balaban J connectivity index is 0.00000500. The fourth-order valence-electron chi connectivity index (χ4n) is 9.59. The van der Waals surface area contributed by atoms with Crippen LogP contribution in [0.4, 0.5) is 0 Å². The number of carbonyl (C=O) groups excluding carboxylic acids is 3. The number of Topliss-reactive ketones (excluding diaryl/α,β-unsaturated/α-hetero) is 1. The van der Waals surface area contributed by atoms with Crippen molar-refractivity contribution in [2.75, 3.05) is 6.61 Å². The first-order chi connectivity index (χ1) is 21.5. The number of carbonyl (C=O) groups is 3. The molecule has 0 spiro atoms. The predicted octanol–water partition coefficient (Wildman–Crippen LogP) is 1.76. The molecule has 0 radical (unpaired) electrons. The molecule has 1 aromatic carbocycles. The quantitative estimate of drug-likeness (QED) is 0.251. The van der Waals surface area contributed by atoms with Crippen molar-refractivity contribution in [2.24, 2.45) is 22.7 Å². The van der Waals surface area contributed by atoms with Crippen LogP contribution in [0.5, 0.6) is 0 Å². The van der Waals surface area contributed by atoms with Gasteiger partial charge in [-0.3, -0.25) is 9.59 Å². The van der Waals surface area contributed by atoms with E-state index >= 15 is 4.79 Å². The third-order valence-electron chi connectivity index (χ3n) is 12.5. The van der Waals surface area contributed by atoms with Gasteiger partial charge in [-0.1, -0.05) is 70.9 Å². The Kier molecular flexibility index (Phi) is 10.7. The molecule has 1 N–H and O–H groups in total. The summed E-state index contributed by atoms with van der Waals surface area (Å²) in [6, 6.07) is 11.0. The molecule has 1 saturated heterocycles. The number of ketones is 1. The van der Waals surface area contributed by atoms with E-state index in [1.165, 1.54) is 6.92 Å². The van der Waals surface area contributed by atoms with Gasteiger partial charge in [0.25, 0.3) is 0 Å². The average molecular weight is 663 g/mol. The maximum Gasteiger partial charge on any atom is 1.00 e. The van der Waals surface area contributed by atoms with Crippen LogP contribution in [0.2, 0.25) is 18.1 Å². The van der Waals surface area contributed by atoms with E-state index in [1.54, 1.807) is 37.3 Å². The van der Waals surface area contributed by atoms with Crippen molar-refractivity contribution in [3.63, 3.8) is 0 Å². The minimum Gasteiger partial charge on any atom is -0.849 e. The largest absolute Gasteiger partial charge is 1.00 e. The van der Waals surface area contributed by atoms with E-state index < -0.39 is 78.5 Å². The molecule has 2 bridgehead atoms. The summed E-state index contributed by atoms with van der Waals surface area (Å²) in [6.07, 6.45) is -4.03. The summed E-state index contributed by atoms with van der Waals surface area (Å²) < 4.78 is 26.0. The van der Waals surface area contributed by atoms with Crippen molar-refractivity contribution in [1.29, 1.82) is 0 Å². The summed E-state index contributed by atoms with van der Waals surface area (Å²) in [4.78, 5) is 42.2. The molecule has 0 aromatic heterocycles. The second kappa shape index (κ2) is 13.2. The van der Waals surface area contributed by atoms with Crippen molar-refractivity contribution in [3.05, 3.63) is 47.0 Å². The SMILES string of the molecule is CC[Si](CC)(CC)OC1C[C@H]2OC[C@@]2(OC(C)=O)[C@H]2[C@H](OC(=O)c3ccccc3)[C@]3(O)C[C@H]([O-])C(C)=C([C@@H](C)C(=O)[C@]12C)C3(C)C.[Li+]. The van der Waals surface area contributed by atoms with Crippen molar-refractivity contribution < 1.29 is 62.1 Å².